The van der Waals surface area contributed by atoms with Crippen LogP contribution in [0.3, 0.4) is 0 Å². The summed E-state index contributed by atoms with van der Waals surface area (Å²) in [6.45, 7) is 8.06. The molecule has 0 spiro atoms. The van der Waals surface area contributed by atoms with Crippen molar-refractivity contribution in [3.05, 3.63) is 45.9 Å². The highest BCUT2D eigenvalue weighted by Gasteiger charge is 2.17. The molecule has 0 radical (unpaired) electrons. The first-order valence-electron chi connectivity index (χ1n) is 11.2. The smallest absolute Gasteiger partial charge is 0.328 e. The highest BCUT2D eigenvalue weighted by atomic mass is 16.6. The molecule has 0 bridgehead atoms. The van der Waals surface area contributed by atoms with Crippen molar-refractivity contribution >= 4 is 34.8 Å². The molecule has 0 fully saturated rings. The van der Waals surface area contributed by atoms with Gasteiger partial charge in [-0.2, -0.15) is 9.97 Å². The van der Waals surface area contributed by atoms with Gasteiger partial charge in [0.1, 0.15) is 17.7 Å². The molecule has 1 amide bonds. The molecule has 3 aromatic rings. The molecule has 182 valence electrons. The van der Waals surface area contributed by atoms with Gasteiger partial charge in [-0.05, 0) is 44.9 Å². The van der Waals surface area contributed by atoms with E-state index in [1.165, 1.54) is 4.57 Å². The maximum absolute atomic E-state index is 12.5. The third-order valence-corrected chi connectivity index (χ3v) is 4.83. The van der Waals surface area contributed by atoms with Gasteiger partial charge < -0.3 is 26.1 Å². The molecule has 5 N–H and O–H groups in total. The number of hydrogen-bond donors (Lipinski definition) is 4. The van der Waals surface area contributed by atoms with E-state index in [1.54, 1.807) is 45.0 Å². The number of amides is 1. The van der Waals surface area contributed by atoms with Gasteiger partial charge >= 0.3 is 11.7 Å². The second-order valence-electron chi connectivity index (χ2n) is 8.89. The van der Waals surface area contributed by atoms with Crippen molar-refractivity contribution in [2.24, 2.45) is 0 Å². The number of rotatable bonds is 9. The van der Waals surface area contributed by atoms with Gasteiger partial charge in [0.15, 0.2) is 11.5 Å². The first-order valence-corrected chi connectivity index (χ1v) is 11.2. The number of fused-ring (bicyclic) bond motifs is 1. The number of nitrogen functional groups attached to an aromatic ring is 1. The highest BCUT2D eigenvalue weighted by molar-refractivity contribution is 5.96. The Hall–Kier alpha value is -3.89. The molecule has 0 aliphatic carbocycles. The number of esters is 1. The summed E-state index contributed by atoms with van der Waals surface area (Å²) in [6, 6.07) is 6.72. The summed E-state index contributed by atoms with van der Waals surface area (Å²) in [5.41, 5.74) is 6.98. The van der Waals surface area contributed by atoms with Crippen LogP contribution in [0.2, 0.25) is 0 Å². The van der Waals surface area contributed by atoms with E-state index >= 15 is 0 Å². The number of unbranched alkanes of at least 4 members (excludes halogenated alkanes) is 1. The predicted octanol–water partition coefficient (Wildman–Crippen LogP) is 2.03. The summed E-state index contributed by atoms with van der Waals surface area (Å²) >= 11 is 0. The van der Waals surface area contributed by atoms with Crippen LogP contribution in [0.5, 0.6) is 0 Å². The molecular formula is C23H31N7O4. The first-order chi connectivity index (χ1) is 16.1. The Balaban J connectivity index is 1.71. The topological polar surface area (TPSA) is 157 Å². The summed E-state index contributed by atoms with van der Waals surface area (Å²) in [6.07, 6.45) is 1.98. The lowest BCUT2D eigenvalue weighted by molar-refractivity contribution is -0.153. The number of carbonyl (C=O) groups excluding carboxylic acids is 2. The van der Waals surface area contributed by atoms with E-state index in [0.29, 0.717) is 29.2 Å². The minimum atomic E-state index is -0.619. The van der Waals surface area contributed by atoms with Crippen molar-refractivity contribution in [1.29, 1.82) is 0 Å². The van der Waals surface area contributed by atoms with Crippen LogP contribution in [0.15, 0.2) is 29.1 Å². The van der Waals surface area contributed by atoms with Crippen LogP contribution in [0.4, 0.5) is 11.8 Å². The van der Waals surface area contributed by atoms with Crippen molar-refractivity contribution in [1.82, 2.24) is 24.8 Å². The molecule has 1 aromatic carbocycles. The minimum Gasteiger partial charge on any atom is -0.459 e. The number of H-pyrrole nitrogens is 1. The zero-order valence-corrected chi connectivity index (χ0v) is 19.9. The van der Waals surface area contributed by atoms with E-state index in [0.717, 1.165) is 18.4 Å². The van der Waals surface area contributed by atoms with Gasteiger partial charge in [-0.1, -0.05) is 25.5 Å². The molecule has 11 heteroatoms. The van der Waals surface area contributed by atoms with Crippen LogP contribution in [-0.2, 0) is 16.1 Å². The van der Waals surface area contributed by atoms with E-state index < -0.39 is 17.5 Å². The average Bonchev–Trinajstić information content (AvgIpc) is 3.07. The first kappa shape index (κ1) is 24.7. The molecule has 3 rings (SSSR count). The third-order valence-electron chi connectivity index (χ3n) is 4.83. The fraction of sp³-hybridized carbons (Fsp3) is 0.435. The molecule has 0 saturated heterocycles. The van der Waals surface area contributed by atoms with Crippen LogP contribution in [-0.4, -0.2) is 50.1 Å². The molecule has 0 aliphatic heterocycles. The SMILES string of the molecule is CCCCNc1nc(N)c2[nH]c(=O)n(Cc3ccc(C(=O)NCC(=O)OC(C)(C)C)cc3)c2n1. The quantitative estimate of drug-likeness (QED) is 0.274. The third kappa shape index (κ3) is 6.33. The van der Waals surface area contributed by atoms with E-state index in [4.69, 9.17) is 10.5 Å². The van der Waals surface area contributed by atoms with Gasteiger partial charge in [0.05, 0.1) is 6.54 Å². The van der Waals surface area contributed by atoms with Gasteiger partial charge in [0.2, 0.25) is 5.95 Å². The van der Waals surface area contributed by atoms with Crippen molar-refractivity contribution in [2.45, 2.75) is 52.7 Å². The molecule has 2 heterocycles. The number of nitrogens with one attached hydrogen (secondary N) is 3. The normalized spacial score (nSPS) is 11.4. The number of anilines is 2. The molecule has 0 saturated carbocycles. The van der Waals surface area contributed by atoms with Gasteiger partial charge in [0.25, 0.3) is 5.91 Å². The Kier molecular flexibility index (Phi) is 7.54. The number of aromatic amines is 1. The number of imidazole rings is 1. The maximum Gasteiger partial charge on any atom is 0.328 e. The Labute approximate surface area is 197 Å². The summed E-state index contributed by atoms with van der Waals surface area (Å²) in [5, 5.41) is 5.66. The summed E-state index contributed by atoms with van der Waals surface area (Å²) < 4.78 is 6.65. The fourth-order valence-corrected chi connectivity index (χ4v) is 3.23. The number of ether oxygens (including phenoxy) is 1. The average molecular weight is 470 g/mol. The van der Waals surface area contributed by atoms with Crippen LogP contribution < -0.4 is 22.1 Å². The summed E-state index contributed by atoms with van der Waals surface area (Å²) in [4.78, 5) is 48.0. The van der Waals surface area contributed by atoms with Crippen LogP contribution in [0.1, 0.15) is 56.5 Å². The van der Waals surface area contributed by atoms with Crippen LogP contribution in [0.25, 0.3) is 11.2 Å². The molecule has 11 nitrogen and oxygen atoms in total. The standard InChI is InChI=1S/C23H31N7O4/c1-5-6-11-25-21-28-18(24)17-19(29-21)30(22(33)27-17)13-14-7-9-15(10-8-14)20(32)26-12-16(31)34-23(2,3)4/h7-10H,5-6,11-13H2,1-4H3,(H,26,32)(H,27,33)(H3,24,25,28,29). The Morgan fingerprint density at radius 1 is 1.18 bits per heavy atom. The summed E-state index contributed by atoms with van der Waals surface area (Å²) in [5.74, 6) is -0.356. The number of nitrogens with zero attached hydrogens (tertiary/aromatic N) is 3. The highest BCUT2D eigenvalue weighted by Crippen LogP contribution is 2.18. The van der Waals surface area contributed by atoms with Gasteiger partial charge in [-0.25, -0.2) is 4.79 Å². The zero-order chi connectivity index (χ0) is 24.9. The molecule has 2 aromatic heterocycles. The minimum absolute atomic E-state index is 0.192. The van der Waals surface area contributed by atoms with E-state index in [1.807, 2.05) is 0 Å². The monoisotopic (exact) mass is 469 g/mol. The second kappa shape index (κ2) is 10.4. The lowest BCUT2D eigenvalue weighted by atomic mass is 10.1. The molecular weight excluding hydrogens is 438 g/mol. The van der Waals surface area contributed by atoms with Crippen LogP contribution >= 0.6 is 0 Å². The Bertz CT molecular complexity index is 1220. The molecule has 0 atom stereocenters. The van der Waals surface area contributed by atoms with E-state index in [-0.39, 0.29) is 24.6 Å². The lowest BCUT2D eigenvalue weighted by Crippen LogP contribution is -2.34. The largest absolute Gasteiger partial charge is 0.459 e. The predicted molar refractivity (Wildman–Crippen MR) is 130 cm³/mol. The maximum atomic E-state index is 12.5. The van der Waals surface area contributed by atoms with Gasteiger partial charge in [-0.3, -0.25) is 14.2 Å². The molecule has 34 heavy (non-hydrogen) atoms. The lowest BCUT2D eigenvalue weighted by Gasteiger charge is -2.19. The van der Waals surface area contributed by atoms with Gasteiger partial charge in [0, 0.05) is 12.1 Å². The van der Waals surface area contributed by atoms with Crippen LogP contribution in [0, 0.1) is 0 Å². The van der Waals surface area contributed by atoms with Crippen molar-refractivity contribution in [3.8, 4) is 0 Å². The van der Waals surface area contributed by atoms with Crippen molar-refractivity contribution in [3.63, 3.8) is 0 Å². The van der Waals surface area contributed by atoms with E-state index in [9.17, 15) is 14.4 Å². The Morgan fingerprint density at radius 3 is 2.53 bits per heavy atom. The number of benzene rings is 1. The number of nitrogens with two attached hydrogens (primary N) is 1. The van der Waals surface area contributed by atoms with Crippen molar-refractivity contribution in [2.75, 3.05) is 24.1 Å². The molecule has 0 aliphatic rings. The Morgan fingerprint density at radius 2 is 1.88 bits per heavy atom. The number of hydrogen-bond acceptors (Lipinski definition) is 8. The summed E-state index contributed by atoms with van der Waals surface area (Å²) in [7, 11) is 0. The number of aromatic nitrogens is 4. The zero-order valence-electron chi connectivity index (χ0n) is 19.9. The molecule has 0 unspecified atom stereocenters. The van der Waals surface area contributed by atoms with Crippen molar-refractivity contribution < 1.29 is 14.3 Å². The van der Waals surface area contributed by atoms with E-state index in [2.05, 4.69) is 32.5 Å². The number of carbonyl (C=O) groups is 2. The second-order valence-corrected chi connectivity index (χ2v) is 8.89. The van der Waals surface area contributed by atoms with Gasteiger partial charge in [-0.15, -0.1) is 0 Å². The fourth-order valence-electron chi connectivity index (χ4n) is 3.23.